The van der Waals surface area contributed by atoms with Gasteiger partial charge in [-0.25, -0.2) is 9.38 Å². The Hall–Kier alpha value is -2.16. The van der Waals surface area contributed by atoms with Gasteiger partial charge >= 0.3 is 0 Å². The summed E-state index contributed by atoms with van der Waals surface area (Å²) in [5.41, 5.74) is 2.51. The molecule has 0 atom stereocenters. The van der Waals surface area contributed by atoms with Gasteiger partial charge in [-0.3, -0.25) is 0 Å². The number of hydrogen-bond acceptors (Lipinski definition) is 2. The van der Waals surface area contributed by atoms with Crippen molar-refractivity contribution in [3.63, 3.8) is 0 Å². The maximum absolute atomic E-state index is 13.8. The van der Waals surface area contributed by atoms with Crippen LogP contribution in [0.3, 0.4) is 0 Å². The normalized spacial score (nSPS) is 14.6. The van der Waals surface area contributed by atoms with Gasteiger partial charge in [-0.1, -0.05) is 36.4 Å². The summed E-state index contributed by atoms with van der Waals surface area (Å²) in [6.07, 6.45) is 0.679. The van der Waals surface area contributed by atoms with Gasteiger partial charge < -0.3 is 4.90 Å². The molecule has 1 aliphatic heterocycles. The molecule has 0 spiro atoms. The lowest BCUT2D eigenvalue weighted by Crippen LogP contribution is -2.28. The van der Waals surface area contributed by atoms with Gasteiger partial charge in [-0.05, 0) is 18.6 Å². The van der Waals surface area contributed by atoms with Gasteiger partial charge in [0.2, 0.25) is 0 Å². The number of aliphatic imine (C=N–C) groups is 1. The maximum Gasteiger partial charge on any atom is 0.136 e. The Bertz CT molecular complexity index is 620. The second-order valence-electron chi connectivity index (χ2n) is 4.71. The lowest BCUT2D eigenvalue weighted by Gasteiger charge is -2.19. The monoisotopic (exact) mass is 254 g/mol. The number of nitrogens with zero attached hydrogens (tertiary/aromatic N) is 2. The minimum Gasteiger partial charge on any atom is -0.359 e. The van der Waals surface area contributed by atoms with Crippen LogP contribution >= 0.6 is 0 Å². The number of benzene rings is 2. The third-order valence-electron chi connectivity index (χ3n) is 3.41. The topological polar surface area (TPSA) is 15.6 Å². The number of halogens is 1. The number of fused-ring (bicyclic) bond motifs is 1. The highest BCUT2D eigenvalue weighted by Gasteiger charge is 2.17. The van der Waals surface area contributed by atoms with Crippen LogP contribution in [0.25, 0.3) is 0 Å². The molecule has 0 bridgehead atoms. The smallest absolute Gasteiger partial charge is 0.136 e. The second kappa shape index (κ2) is 4.84. The third kappa shape index (κ3) is 2.24. The zero-order valence-electron chi connectivity index (χ0n) is 10.8. The van der Waals surface area contributed by atoms with Crippen LogP contribution < -0.4 is 0 Å². The first-order chi connectivity index (χ1) is 9.25. The Morgan fingerprint density at radius 1 is 1.05 bits per heavy atom. The van der Waals surface area contributed by atoms with Crippen molar-refractivity contribution in [1.29, 1.82) is 0 Å². The van der Waals surface area contributed by atoms with E-state index in [-0.39, 0.29) is 5.82 Å². The van der Waals surface area contributed by atoms with Crippen LogP contribution in [0.1, 0.15) is 11.1 Å². The molecule has 0 aliphatic carbocycles. The summed E-state index contributed by atoms with van der Waals surface area (Å²) in [5.74, 6) is 0.730. The Balaban J connectivity index is 2.13. The molecular weight excluding hydrogens is 239 g/mol. The summed E-state index contributed by atoms with van der Waals surface area (Å²) in [6.45, 7) is 0.766. The van der Waals surface area contributed by atoms with E-state index >= 15 is 0 Å². The van der Waals surface area contributed by atoms with E-state index in [1.807, 2.05) is 43.4 Å². The molecule has 1 aliphatic rings. The van der Waals surface area contributed by atoms with E-state index in [0.717, 1.165) is 23.6 Å². The highest BCUT2D eigenvalue weighted by Crippen LogP contribution is 2.26. The molecule has 0 unspecified atom stereocenters. The predicted molar refractivity (Wildman–Crippen MR) is 75.4 cm³/mol. The molecule has 96 valence electrons. The van der Waals surface area contributed by atoms with Crippen molar-refractivity contribution in [2.75, 3.05) is 13.6 Å². The lowest BCUT2D eigenvalue weighted by molar-refractivity contribution is 0.506. The molecule has 19 heavy (non-hydrogen) atoms. The van der Waals surface area contributed by atoms with E-state index < -0.39 is 0 Å². The molecule has 3 rings (SSSR count). The van der Waals surface area contributed by atoms with Crippen molar-refractivity contribution in [3.05, 3.63) is 65.5 Å². The average Bonchev–Trinajstić information content (AvgIpc) is 2.61. The molecule has 0 amide bonds. The van der Waals surface area contributed by atoms with Crippen LogP contribution in [0.15, 0.2) is 53.5 Å². The molecular formula is C16H15FN2. The molecule has 0 radical (unpaired) electrons. The zero-order valence-corrected chi connectivity index (χ0v) is 10.8. The van der Waals surface area contributed by atoms with Crippen molar-refractivity contribution >= 4 is 11.5 Å². The minimum atomic E-state index is -0.163. The zero-order chi connectivity index (χ0) is 13.2. The summed E-state index contributed by atoms with van der Waals surface area (Å²) in [7, 11) is 2.00. The molecule has 0 saturated carbocycles. The van der Waals surface area contributed by atoms with Crippen LogP contribution in [0, 0.1) is 5.82 Å². The lowest BCUT2D eigenvalue weighted by atomic mass is 10.1. The van der Waals surface area contributed by atoms with Gasteiger partial charge in [-0.2, -0.15) is 0 Å². The fourth-order valence-electron chi connectivity index (χ4n) is 2.36. The molecule has 1 heterocycles. The molecule has 3 heteroatoms. The SMILES string of the molecule is CN1CCc2c(F)cccc2N=C1c1ccccc1. The van der Waals surface area contributed by atoms with E-state index in [2.05, 4.69) is 9.89 Å². The van der Waals surface area contributed by atoms with Crippen molar-refractivity contribution in [1.82, 2.24) is 4.90 Å². The second-order valence-corrected chi connectivity index (χ2v) is 4.71. The van der Waals surface area contributed by atoms with E-state index in [4.69, 9.17) is 0 Å². The van der Waals surface area contributed by atoms with Gasteiger partial charge in [0.25, 0.3) is 0 Å². The summed E-state index contributed by atoms with van der Waals surface area (Å²) >= 11 is 0. The van der Waals surface area contributed by atoms with Crippen molar-refractivity contribution < 1.29 is 4.39 Å². The fraction of sp³-hybridized carbons (Fsp3) is 0.188. The average molecular weight is 254 g/mol. The van der Waals surface area contributed by atoms with Crippen molar-refractivity contribution in [2.24, 2.45) is 4.99 Å². The van der Waals surface area contributed by atoms with Crippen LogP contribution in [0.2, 0.25) is 0 Å². The van der Waals surface area contributed by atoms with Gasteiger partial charge in [0.15, 0.2) is 0 Å². The number of rotatable bonds is 1. The summed E-state index contributed by atoms with van der Waals surface area (Å²) < 4.78 is 13.8. The molecule has 0 saturated heterocycles. The first-order valence-electron chi connectivity index (χ1n) is 6.38. The molecule has 0 N–H and O–H groups in total. The summed E-state index contributed by atoms with van der Waals surface area (Å²) in [5, 5.41) is 0. The van der Waals surface area contributed by atoms with E-state index in [1.165, 1.54) is 6.07 Å². The van der Waals surface area contributed by atoms with Gasteiger partial charge in [0.1, 0.15) is 11.7 Å². The Morgan fingerprint density at radius 2 is 1.84 bits per heavy atom. The predicted octanol–water partition coefficient (Wildman–Crippen LogP) is 3.39. The van der Waals surface area contributed by atoms with Crippen LogP contribution in [-0.4, -0.2) is 24.3 Å². The highest BCUT2D eigenvalue weighted by molar-refractivity contribution is 6.00. The molecule has 0 aromatic heterocycles. The largest absolute Gasteiger partial charge is 0.359 e. The van der Waals surface area contributed by atoms with Crippen LogP contribution in [-0.2, 0) is 6.42 Å². The number of hydrogen-bond donors (Lipinski definition) is 0. The number of amidine groups is 1. The van der Waals surface area contributed by atoms with E-state index in [0.29, 0.717) is 12.0 Å². The first kappa shape index (κ1) is 11.9. The van der Waals surface area contributed by atoms with Gasteiger partial charge in [0, 0.05) is 24.7 Å². The quantitative estimate of drug-likeness (QED) is 0.761. The molecule has 2 aromatic rings. The third-order valence-corrected chi connectivity index (χ3v) is 3.41. The Morgan fingerprint density at radius 3 is 2.63 bits per heavy atom. The number of likely N-dealkylation sites (N-methyl/N-ethyl adjacent to an activating group) is 1. The highest BCUT2D eigenvalue weighted by atomic mass is 19.1. The Kier molecular flexibility index (Phi) is 3.03. The van der Waals surface area contributed by atoms with E-state index in [1.54, 1.807) is 6.07 Å². The van der Waals surface area contributed by atoms with Crippen molar-refractivity contribution in [3.8, 4) is 0 Å². The standard InChI is InChI=1S/C16H15FN2/c1-19-11-10-13-14(17)8-5-9-15(13)18-16(19)12-6-3-2-4-7-12/h2-9H,10-11H2,1H3. The van der Waals surface area contributed by atoms with Crippen LogP contribution in [0.5, 0.6) is 0 Å². The van der Waals surface area contributed by atoms with E-state index in [9.17, 15) is 4.39 Å². The minimum absolute atomic E-state index is 0.163. The van der Waals surface area contributed by atoms with Gasteiger partial charge in [-0.15, -0.1) is 0 Å². The summed E-state index contributed by atoms with van der Waals surface area (Å²) in [6, 6.07) is 15.1. The fourth-order valence-corrected chi connectivity index (χ4v) is 2.36. The summed E-state index contributed by atoms with van der Waals surface area (Å²) in [4.78, 5) is 6.73. The first-order valence-corrected chi connectivity index (χ1v) is 6.38. The Labute approximate surface area is 112 Å². The molecule has 2 aromatic carbocycles. The van der Waals surface area contributed by atoms with Crippen molar-refractivity contribution in [2.45, 2.75) is 6.42 Å². The molecule has 0 fully saturated rings. The maximum atomic E-state index is 13.8. The van der Waals surface area contributed by atoms with Crippen LogP contribution in [0.4, 0.5) is 10.1 Å². The van der Waals surface area contributed by atoms with Gasteiger partial charge in [0.05, 0.1) is 5.69 Å². The molecule has 2 nitrogen and oxygen atoms in total.